The van der Waals surface area contributed by atoms with Crippen molar-refractivity contribution < 1.29 is 9.50 Å². The molecular formula is C12H17FO. The molecule has 0 aliphatic heterocycles. The molecule has 14 heavy (non-hydrogen) atoms. The number of benzene rings is 1. The molecule has 1 nitrogen and oxygen atoms in total. The summed E-state index contributed by atoms with van der Waals surface area (Å²) in [6.07, 6.45) is 1.84. The van der Waals surface area contributed by atoms with E-state index in [2.05, 4.69) is 6.92 Å². The van der Waals surface area contributed by atoms with Crippen LogP contribution < -0.4 is 0 Å². The van der Waals surface area contributed by atoms with Gasteiger partial charge in [-0.25, -0.2) is 4.39 Å². The van der Waals surface area contributed by atoms with Gasteiger partial charge in [0.1, 0.15) is 11.6 Å². The molecule has 0 fully saturated rings. The lowest BCUT2D eigenvalue weighted by Crippen LogP contribution is -2.18. The third-order valence-electron chi connectivity index (χ3n) is 2.54. The van der Waals surface area contributed by atoms with Crippen molar-refractivity contribution >= 4 is 0 Å². The van der Waals surface area contributed by atoms with Crippen LogP contribution in [0.3, 0.4) is 0 Å². The summed E-state index contributed by atoms with van der Waals surface area (Å²) < 4.78 is 13.5. The second-order valence-electron chi connectivity index (χ2n) is 4.27. The molecule has 1 rings (SSSR count). The van der Waals surface area contributed by atoms with Gasteiger partial charge in [0.25, 0.3) is 0 Å². The van der Waals surface area contributed by atoms with E-state index in [-0.39, 0.29) is 17.0 Å². The molecular weight excluding hydrogens is 179 g/mol. The van der Waals surface area contributed by atoms with Crippen molar-refractivity contribution in [2.45, 2.75) is 39.0 Å². The van der Waals surface area contributed by atoms with Crippen LogP contribution in [0.15, 0.2) is 18.2 Å². The zero-order valence-corrected chi connectivity index (χ0v) is 8.97. The summed E-state index contributed by atoms with van der Waals surface area (Å²) >= 11 is 0. The van der Waals surface area contributed by atoms with Crippen LogP contribution in [0.25, 0.3) is 0 Å². The van der Waals surface area contributed by atoms with Gasteiger partial charge in [-0.2, -0.15) is 0 Å². The van der Waals surface area contributed by atoms with Crippen LogP contribution in [0, 0.1) is 5.82 Å². The number of aromatic hydroxyl groups is 1. The van der Waals surface area contributed by atoms with Gasteiger partial charge in [-0.05, 0) is 24.0 Å². The molecule has 0 spiro atoms. The minimum absolute atomic E-state index is 0.0588. The molecule has 0 bridgehead atoms. The maximum absolute atomic E-state index is 13.5. The molecule has 0 aromatic heterocycles. The molecule has 0 saturated carbocycles. The van der Waals surface area contributed by atoms with Gasteiger partial charge in [-0.15, -0.1) is 0 Å². The smallest absolute Gasteiger partial charge is 0.130 e. The van der Waals surface area contributed by atoms with Gasteiger partial charge < -0.3 is 5.11 Å². The highest BCUT2D eigenvalue weighted by Crippen LogP contribution is 2.36. The summed E-state index contributed by atoms with van der Waals surface area (Å²) in [5, 5.41) is 9.61. The van der Waals surface area contributed by atoms with Crippen molar-refractivity contribution in [1.29, 1.82) is 0 Å². The fourth-order valence-electron chi connectivity index (χ4n) is 1.93. The average molecular weight is 196 g/mol. The summed E-state index contributed by atoms with van der Waals surface area (Å²) in [5.41, 5.74) is 0.131. The van der Waals surface area contributed by atoms with Crippen LogP contribution in [0.1, 0.15) is 39.2 Å². The third kappa shape index (κ3) is 2.06. The first-order valence-electron chi connectivity index (χ1n) is 4.97. The monoisotopic (exact) mass is 196 g/mol. The molecule has 1 aromatic rings. The third-order valence-corrected chi connectivity index (χ3v) is 2.54. The van der Waals surface area contributed by atoms with E-state index >= 15 is 0 Å². The minimum Gasteiger partial charge on any atom is -0.508 e. The number of hydrogen-bond donors (Lipinski definition) is 1. The standard InChI is InChI=1S/C12H17FO/c1-4-8-12(2,3)11-9(13)6-5-7-10(11)14/h5-7,14H,4,8H2,1-3H3. The largest absolute Gasteiger partial charge is 0.508 e. The van der Waals surface area contributed by atoms with E-state index in [1.165, 1.54) is 18.2 Å². The second kappa shape index (κ2) is 3.99. The van der Waals surface area contributed by atoms with Crippen molar-refractivity contribution in [3.63, 3.8) is 0 Å². The Balaban J connectivity index is 3.17. The van der Waals surface area contributed by atoms with Crippen LogP contribution in [0.5, 0.6) is 5.75 Å². The number of rotatable bonds is 3. The van der Waals surface area contributed by atoms with E-state index in [4.69, 9.17) is 0 Å². The predicted molar refractivity (Wildman–Crippen MR) is 56.0 cm³/mol. The fourth-order valence-corrected chi connectivity index (χ4v) is 1.93. The van der Waals surface area contributed by atoms with Gasteiger partial charge in [-0.1, -0.05) is 33.3 Å². The Morgan fingerprint density at radius 2 is 2.00 bits per heavy atom. The Labute approximate surface area is 84.6 Å². The molecule has 1 N–H and O–H groups in total. The zero-order valence-electron chi connectivity index (χ0n) is 8.97. The molecule has 0 atom stereocenters. The zero-order chi connectivity index (χ0) is 10.8. The fraction of sp³-hybridized carbons (Fsp3) is 0.500. The Kier molecular flexibility index (Phi) is 3.14. The lowest BCUT2D eigenvalue weighted by molar-refractivity contribution is 0.397. The van der Waals surface area contributed by atoms with E-state index in [0.717, 1.165) is 12.8 Å². The highest BCUT2D eigenvalue weighted by Gasteiger charge is 2.26. The minimum atomic E-state index is -0.316. The molecule has 2 heteroatoms. The number of hydrogen-bond acceptors (Lipinski definition) is 1. The van der Waals surface area contributed by atoms with Crippen LogP contribution >= 0.6 is 0 Å². The number of phenolic OH excluding ortho intramolecular Hbond substituents is 1. The Morgan fingerprint density at radius 3 is 2.50 bits per heavy atom. The van der Waals surface area contributed by atoms with Gasteiger partial charge in [0, 0.05) is 5.56 Å². The first-order chi connectivity index (χ1) is 6.49. The van der Waals surface area contributed by atoms with Crippen molar-refractivity contribution in [2.24, 2.45) is 0 Å². The van der Waals surface area contributed by atoms with E-state index < -0.39 is 0 Å². The lowest BCUT2D eigenvalue weighted by Gasteiger charge is -2.25. The molecule has 78 valence electrons. The summed E-state index contributed by atoms with van der Waals surface area (Å²) in [7, 11) is 0. The first-order valence-corrected chi connectivity index (χ1v) is 4.97. The molecule has 0 saturated heterocycles. The second-order valence-corrected chi connectivity index (χ2v) is 4.27. The van der Waals surface area contributed by atoms with Crippen molar-refractivity contribution in [3.8, 4) is 5.75 Å². The SMILES string of the molecule is CCCC(C)(C)c1c(O)cccc1F. The van der Waals surface area contributed by atoms with Crippen LogP contribution in [-0.2, 0) is 5.41 Å². The Hall–Kier alpha value is -1.05. The topological polar surface area (TPSA) is 20.2 Å². The predicted octanol–water partition coefficient (Wildman–Crippen LogP) is 3.61. The molecule has 0 heterocycles. The van der Waals surface area contributed by atoms with Gasteiger partial charge >= 0.3 is 0 Å². The maximum Gasteiger partial charge on any atom is 0.130 e. The van der Waals surface area contributed by atoms with Crippen LogP contribution in [0.2, 0.25) is 0 Å². The molecule has 1 aromatic carbocycles. The molecule has 0 aliphatic carbocycles. The average Bonchev–Trinajstić information content (AvgIpc) is 2.02. The normalized spacial score (nSPS) is 11.7. The van der Waals surface area contributed by atoms with E-state index in [1.807, 2.05) is 13.8 Å². The molecule has 0 radical (unpaired) electrons. The first kappa shape index (κ1) is 11.0. The lowest BCUT2D eigenvalue weighted by atomic mass is 9.80. The van der Waals surface area contributed by atoms with Crippen LogP contribution in [-0.4, -0.2) is 5.11 Å². The Bertz CT molecular complexity index is 298. The van der Waals surface area contributed by atoms with Gasteiger partial charge in [0.2, 0.25) is 0 Å². The quantitative estimate of drug-likeness (QED) is 0.783. The molecule has 0 amide bonds. The maximum atomic E-state index is 13.5. The van der Waals surface area contributed by atoms with Crippen LogP contribution in [0.4, 0.5) is 4.39 Å². The van der Waals surface area contributed by atoms with Crippen molar-refractivity contribution in [3.05, 3.63) is 29.6 Å². The molecule has 0 aliphatic rings. The van der Waals surface area contributed by atoms with E-state index in [1.54, 1.807) is 0 Å². The summed E-state index contributed by atoms with van der Waals surface area (Å²) in [6.45, 7) is 5.96. The van der Waals surface area contributed by atoms with Gasteiger partial charge in [0.15, 0.2) is 0 Å². The summed E-state index contributed by atoms with van der Waals surface area (Å²) in [4.78, 5) is 0. The Morgan fingerprint density at radius 1 is 1.36 bits per heavy atom. The van der Waals surface area contributed by atoms with E-state index in [0.29, 0.717) is 5.56 Å². The van der Waals surface area contributed by atoms with Gasteiger partial charge in [0.05, 0.1) is 0 Å². The van der Waals surface area contributed by atoms with Crippen molar-refractivity contribution in [2.75, 3.05) is 0 Å². The highest BCUT2D eigenvalue weighted by molar-refractivity contribution is 5.38. The van der Waals surface area contributed by atoms with Gasteiger partial charge in [-0.3, -0.25) is 0 Å². The van der Waals surface area contributed by atoms with Crippen molar-refractivity contribution in [1.82, 2.24) is 0 Å². The van der Waals surface area contributed by atoms with E-state index in [9.17, 15) is 9.50 Å². The number of halogens is 1. The number of phenols is 1. The summed E-state index contributed by atoms with van der Waals surface area (Å²) in [6, 6.07) is 4.46. The summed E-state index contributed by atoms with van der Waals surface area (Å²) in [5.74, 6) is -0.257. The molecule has 0 unspecified atom stereocenters. The highest BCUT2D eigenvalue weighted by atomic mass is 19.1.